The second-order valence-corrected chi connectivity index (χ2v) is 6.85. The molecule has 6 nitrogen and oxygen atoms in total. The van der Waals surface area contributed by atoms with Crippen LogP contribution in [0.25, 0.3) is 0 Å². The number of ether oxygens (including phenoxy) is 1. The third kappa shape index (κ3) is 5.91. The van der Waals surface area contributed by atoms with Crippen molar-refractivity contribution in [2.75, 3.05) is 45.2 Å². The van der Waals surface area contributed by atoms with Gasteiger partial charge in [-0.1, -0.05) is 12.1 Å². The Kier molecular flexibility index (Phi) is 6.71. The molecular weight excluding hydrogens is 385 g/mol. The summed E-state index contributed by atoms with van der Waals surface area (Å²) in [6, 6.07) is 9.89. The van der Waals surface area contributed by atoms with Gasteiger partial charge in [-0.2, -0.15) is 13.2 Å². The van der Waals surface area contributed by atoms with Gasteiger partial charge in [-0.25, -0.2) is 0 Å². The zero-order chi connectivity index (χ0) is 20.9. The number of hydrogen-bond donors (Lipinski definition) is 1. The fourth-order valence-electron chi connectivity index (χ4n) is 3.23. The standard InChI is InChI=1S/C20H23F3N4O2/c1-29-17-5-3-2-4-16(17)25-19(28)14-27-10-8-26(9-11-27)13-15-6-7-24-18(12-15)20(21,22)23/h2-7,12H,8-11,13-14H2,1H3,(H,25,28). The van der Waals surface area contributed by atoms with Gasteiger partial charge >= 0.3 is 6.18 Å². The van der Waals surface area contributed by atoms with Crippen molar-refractivity contribution in [1.82, 2.24) is 14.8 Å². The molecule has 2 aromatic rings. The van der Waals surface area contributed by atoms with E-state index in [9.17, 15) is 18.0 Å². The maximum absolute atomic E-state index is 12.8. The van der Waals surface area contributed by atoms with Gasteiger partial charge < -0.3 is 10.1 Å². The summed E-state index contributed by atoms with van der Waals surface area (Å²) in [5, 5.41) is 2.85. The Balaban J connectivity index is 1.47. The number of piperazine rings is 1. The van der Waals surface area contributed by atoms with Crippen LogP contribution in [0.15, 0.2) is 42.6 Å². The third-order valence-corrected chi connectivity index (χ3v) is 4.73. The molecule has 1 N–H and O–H groups in total. The minimum atomic E-state index is -4.44. The first-order chi connectivity index (χ1) is 13.8. The Hall–Kier alpha value is -2.65. The van der Waals surface area contributed by atoms with Gasteiger partial charge in [-0.3, -0.25) is 19.6 Å². The van der Waals surface area contributed by atoms with E-state index in [1.165, 1.54) is 6.20 Å². The molecule has 1 saturated heterocycles. The Labute approximate surface area is 167 Å². The lowest BCUT2D eigenvalue weighted by Crippen LogP contribution is -2.48. The topological polar surface area (TPSA) is 57.7 Å². The summed E-state index contributed by atoms with van der Waals surface area (Å²) in [5.41, 5.74) is 0.327. The first-order valence-corrected chi connectivity index (χ1v) is 9.25. The molecule has 1 aliphatic rings. The van der Waals surface area contributed by atoms with E-state index in [4.69, 9.17) is 4.74 Å². The van der Waals surface area contributed by atoms with Gasteiger partial charge in [-0.15, -0.1) is 0 Å². The van der Waals surface area contributed by atoms with E-state index < -0.39 is 11.9 Å². The van der Waals surface area contributed by atoms with Gasteiger partial charge in [0.05, 0.1) is 19.3 Å². The number of hydrogen-bond acceptors (Lipinski definition) is 5. The summed E-state index contributed by atoms with van der Waals surface area (Å²) >= 11 is 0. The number of carbonyl (C=O) groups excluding carboxylic acids is 1. The second kappa shape index (κ2) is 9.23. The van der Waals surface area contributed by atoms with Crippen molar-refractivity contribution >= 4 is 11.6 Å². The maximum atomic E-state index is 12.8. The predicted molar refractivity (Wildman–Crippen MR) is 103 cm³/mol. The molecule has 1 fully saturated rings. The molecule has 9 heteroatoms. The van der Waals surface area contributed by atoms with Crippen molar-refractivity contribution in [1.29, 1.82) is 0 Å². The minimum Gasteiger partial charge on any atom is -0.495 e. The lowest BCUT2D eigenvalue weighted by Gasteiger charge is -2.34. The average Bonchev–Trinajstić information content (AvgIpc) is 2.69. The van der Waals surface area contributed by atoms with Crippen molar-refractivity contribution < 1.29 is 22.7 Å². The summed E-state index contributed by atoms with van der Waals surface area (Å²) < 4.78 is 43.6. The summed E-state index contributed by atoms with van der Waals surface area (Å²) in [7, 11) is 1.55. The molecule has 3 rings (SSSR count). The third-order valence-electron chi connectivity index (χ3n) is 4.73. The van der Waals surface area contributed by atoms with Crippen molar-refractivity contribution in [3.63, 3.8) is 0 Å². The lowest BCUT2D eigenvalue weighted by molar-refractivity contribution is -0.141. The van der Waals surface area contributed by atoms with Crippen LogP contribution in [0, 0.1) is 0 Å². The van der Waals surface area contributed by atoms with Crippen LogP contribution in [-0.2, 0) is 17.5 Å². The maximum Gasteiger partial charge on any atom is 0.433 e. The second-order valence-electron chi connectivity index (χ2n) is 6.85. The molecule has 1 aromatic heterocycles. The molecule has 29 heavy (non-hydrogen) atoms. The van der Waals surface area contributed by atoms with E-state index in [-0.39, 0.29) is 12.5 Å². The Morgan fingerprint density at radius 2 is 1.83 bits per heavy atom. The Morgan fingerprint density at radius 1 is 1.14 bits per heavy atom. The van der Waals surface area contributed by atoms with Crippen molar-refractivity contribution in [3.8, 4) is 5.75 Å². The fraction of sp³-hybridized carbons (Fsp3) is 0.400. The molecule has 0 atom stereocenters. The van der Waals surface area contributed by atoms with Crippen LogP contribution >= 0.6 is 0 Å². The van der Waals surface area contributed by atoms with E-state index in [1.807, 2.05) is 17.0 Å². The van der Waals surface area contributed by atoms with Crippen LogP contribution in [0.3, 0.4) is 0 Å². The van der Waals surface area contributed by atoms with Crippen LogP contribution in [0.4, 0.5) is 18.9 Å². The first-order valence-electron chi connectivity index (χ1n) is 9.25. The number of methoxy groups -OCH3 is 1. The van der Waals surface area contributed by atoms with Crippen LogP contribution in [-0.4, -0.2) is 60.5 Å². The minimum absolute atomic E-state index is 0.132. The van der Waals surface area contributed by atoms with E-state index in [0.717, 1.165) is 6.07 Å². The number of aromatic nitrogens is 1. The number of rotatable bonds is 6. The lowest BCUT2D eigenvalue weighted by atomic mass is 10.2. The van der Waals surface area contributed by atoms with Gasteiger partial charge in [0.2, 0.25) is 5.91 Å². The Bertz CT molecular complexity index is 836. The van der Waals surface area contributed by atoms with Crippen LogP contribution < -0.4 is 10.1 Å². The molecule has 0 saturated carbocycles. The molecule has 0 radical (unpaired) electrons. The number of nitrogens with zero attached hydrogens (tertiary/aromatic N) is 3. The molecule has 0 unspecified atom stereocenters. The predicted octanol–water partition coefficient (Wildman–Crippen LogP) is 2.87. The molecule has 0 spiro atoms. The van der Waals surface area contributed by atoms with Gasteiger partial charge in [-0.05, 0) is 29.8 Å². The average molecular weight is 408 g/mol. The molecule has 1 aliphatic heterocycles. The number of halogens is 3. The van der Waals surface area contributed by atoms with Crippen molar-refractivity contribution in [2.45, 2.75) is 12.7 Å². The number of pyridine rings is 1. The highest BCUT2D eigenvalue weighted by Crippen LogP contribution is 2.28. The summed E-state index contributed by atoms with van der Waals surface area (Å²) in [5.74, 6) is 0.466. The largest absolute Gasteiger partial charge is 0.495 e. The zero-order valence-corrected chi connectivity index (χ0v) is 16.1. The van der Waals surface area contributed by atoms with E-state index in [1.54, 1.807) is 25.3 Å². The van der Waals surface area contributed by atoms with Crippen molar-refractivity contribution in [2.24, 2.45) is 0 Å². The number of nitrogens with one attached hydrogen (secondary N) is 1. The molecule has 0 aliphatic carbocycles. The van der Waals surface area contributed by atoms with Crippen LogP contribution in [0.5, 0.6) is 5.75 Å². The van der Waals surface area contributed by atoms with Crippen molar-refractivity contribution in [3.05, 3.63) is 53.9 Å². The van der Waals surface area contributed by atoms with Gasteiger partial charge in [0.25, 0.3) is 0 Å². The Morgan fingerprint density at radius 3 is 2.52 bits per heavy atom. The highest BCUT2D eigenvalue weighted by Gasteiger charge is 2.32. The summed E-state index contributed by atoms with van der Waals surface area (Å²) in [6.45, 7) is 3.34. The smallest absolute Gasteiger partial charge is 0.433 e. The van der Waals surface area contributed by atoms with Gasteiger partial charge in [0.15, 0.2) is 0 Å². The monoisotopic (exact) mass is 408 g/mol. The molecule has 1 aromatic carbocycles. The summed E-state index contributed by atoms with van der Waals surface area (Å²) in [4.78, 5) is 19.8. The molecule has 156 valence electrons. The number of para-hydroxylation sites is 2. The highest BCUT2D eigenvalue weighted by atomic mass is 19.4. The number of alkyl halides is 3. The molecular formula is C20H23F3N4O2. The zero-order valence-electron chi connectivity index (χ0n) is 16.1. The van der Waals surface area contributed by atoms with Gasteiger partial charge in [0.1, 0.15) is 11.4 Å². The molecule has 2 heterocycles. The molecule has 1 amide bonds. The van der Waals surface area contributed by atoms with E-state index >= 15 is 0 Å². The normalized spacial score (nSPS) is 15.9. The number of benzene rings is 1. The van der Waals surface area contributed by atoms with E-state index in [2.05, 4.69) is 15.2 Å². The highest BCUT2D eigenvalue weighted by molar-refractivity contribution is 5.93. The quantitative estimate of drug-likeness (QED) is 0.797. The number of anilines is 1. The molecule has 0 bridgehead atoms. The number of carbonyl (C=O) groups is 1. The fourth-order valence-corrected chi connectivity index (χ4v) is 3.23. The van der Waals surface area contributed by atoms with Gasteiger partial charge in [0, 0.05) is 38.9 Å². The summed E-state index contributed by atoms with van der Waals surface area (Å²) in [6.07, 6.45) is -3.25. The van der Waals surface area contributed by atoms with E-state index in [0.29, 0.717) is 49.7 Å². The van der Waals surface area contributed by atoms with Crippen LogP contribution in [0.2, 0.25) is 0 Å². The van der Waals surface area contributed by atoms with Crippen LogP contribution in [0.1, 0.15) is 11.3 Å². The number of amides is 1. The first kappa shape index (κ1) is 21.1. The SMILES string of the molecule is COc1ccccc1NC(=O)CN1CCN(Cc2ccnc(C(F)(F)F)c2)CC1.